The summed E-state index contributed by atoms with van der Waals surface area (Å²) in [6.07, 6.45) is 0. The number of benzene rings is 3. The average molecular weight is 419 g/mol. The number of methoxy groups -OCH3 is 1. The Morgan fingerprint density at radius 3 is 2.19 bits per heavy atom. The van der Waals surface area contributed by atoms with Gasteiger partial charge >= 0.3 is 6.03 Å². The predicted octanol–water partition coefficient (Wildman–Crippen LogP) is 4.89. The fourth-order valence-electron chi connectivity index (χ4n) is 3.44. The lowest BCUT2D eigenvalue weighted by Gasteiger charge is -2.26. The van der Waals surface area contributed by atoms with Crippen molar-refractivity contribution in [3.05, 3.63) is 84.4 Å². The Balaban J connectivity index is 1.67. The summed E-state index contributed by atoms with van der Waals surface area (Å²) in [6, 6.07) is 25.5. The number of carbonyl (C=O) groups excluding carboxylic acids is 1. The number of amides is 2. The molecule has 6 nitrogen and oxygen atoms in total. The van der Waals surface area contributed by atoms with Crippen LogP contribution in [0.15, 0.2) is 78.9 Å². The zero-order valence-corrected chi connectivity index (χ0v) is 18.5. The van der Waals surface area contributed by atoms with Gasteiger partial charge in [-0.3, -0.25) is 0 Å². The quantitative estimate of drug-likeness (QED) is 0.547. The number of ether oxygens (including phenoxy) is 1. The minimum Gasteiger partial charge on any atom is -0.497 e. The molecule has 0 bridgehead atoms. The fraction of sp³-hybridized carbons (Fsp3) is 0.240. The molecule has 162 valence electrons. The largest absolute Gasteiger partial charge is 0.497 e. The molecule has 3 rings (SSSR count). The fourth-order valence-corrected chi connectivity index (χ4v) is 3.44. The van der Waals surface area contributed by atoms with Gasteiger partial charge in [0, 0.05) is 19.3 Å². The Kier molecular flexibility index (Phi) is 7.51. The van der Waals surface area contributed by atoms with Crippen LogP contribution in [0.25, 0.3) is 0 Å². The summed E-state index contributed by atoms with van der Waals surface area (Å²) in [6.45, 7) is 0.474. The van der Waals surface area contributed by atoms with E-state index in [0.29, 0.717) is 6.54 Å². The van der Waals surface area contributed by atoms with Gasteiger partial charge in [-0.15, -0.1) is 0 Å². The number of urea groups is 1. The Bertz CT molecular complexity index is 974. The molecule has 0 aromatic heterocycles. The van der Waals surface area contributed by atoms with Crippen LogP contribution in [-0.2, 0) is 0 Å². The van der Waals surface area contributed by atoms with E-state index in [-0.39, 0.29) is 12.1 Å². The summed E-state index contributed by atoms with van der Waals surface area (Å²) >= 11 is 0. The number of carbonyl (C=O) groups is 1. The lowest BCUT2D eigenvalue weighted by molar-refractivity contribution is 0.243. The molecule has 3 aromatic carbocycles. The molecule has 0 radical (unpaired) electrons. The van der Waals surface area contributed by atoms with E-state index < -0.39 is 0 Å². The van der Waals surface area contributed by atoms with Gasteiger partial charge in [-0.25, -0.2) is 4.79 Å². The van der Waals surface area contributed by atoms with E-state index in [0.717, 1.165) is 28.4 Å². The maximum Gasteiger partial charge on any atom is 0.319 e. The monoisotopic (exact) mass is 418 g/mol. The van der Waals surface area contributed by atoms with Crippen LogP contribution in [0, 0.1) is 0 Å². The minimum atomic E-state index is -0.241. The molecule has 31 heavy (non-hydrogen) atoms. The number of anilines is 3. The highest BCUT2D eigenvalue weighted by Gasteiger charge is 2.16. The van der Waals surface area contributed by atoms with E-state index in [9.17, 15) is 4.79 Å². The lowest BCUT2D eigenvalue weighted by Crippen LogP contribution is -2.37. The summed E-state index contributed by atoms with van der Waals surface area (Å²) in [5, 5.41) is 6.00. The third-order valence-corrected chi connectivity index (χ3v) is 5.24. The van der Waals surface area contributed by atoms with Crippen molar-refractivity contribution in [3.63, 3.8) is 0 Å². The van der Waals surface area contributed by atoms with Gasteiger partial charge in [-0.05, 0) is 56.1 Å². The van der Waals surface area contributed by atoms with E-state index in [1.807, 2.05) is 100 Å². The van der Waals surface area contributed by atoms with Gasteiger partial charge in [-0.1, -0.05) is 42.5 Å². The molecular formula is C25H30N4O2. The number of rotatable bonds is 8. The molecule has 0 aliphatic heterocycles. The lowest BCUT2D eigenvalue weighted by atomic mass is 10.1. The zero-order valence-electron chi connectivity index (χ0n) is 18.5. The van der Waals surface area contributed by atoms with Gasteiger partial charge in [0.15, 0.2) is 0 Å². The van der Waals surface area contributed by atoms with Gasteiger partial charge in [0.25, 0.3) is 0 Å². The highest BCUT2D eigenvalue weighted by molar-refractivity contribution is 5.94. The SMILES string of the molecule is COc1ccc(C(CNC(=O)Nc2ccccc2N(C)c2ccccc2)N(C)C)cc1. The number of likely N-dealkylation sites (N-methyl/N-ethyl adjacent to an activating group) is 1. The number of para-hydroxylation sites is 3. The molecule has 1 unspecified atom stereocenters. The molecule has 0 saturated heterocycles. The number of nitrogens with zero attached hydrogens (tertiary/aromatic N) is 2. The smallest absolute Gasteiger partial charge is 0.319 e. The summed E-state index contributed by atoms with van der Waals surface area (Å²) < 4.78 is 5.24. The molecule has 0 aliphatic carbocycles. The first-order valence-corrected chi connectivity index (χ1v) is 10.2. The summed E-state index contributed by atoms with van der Waals surface area (Å²) in [5.74, 6) is 0.811. The van der Waals surface area contributed by atoms with Crippen LogP contribution in [0.4, 0.5) is 21.9 Å². The van der Waals surface area contributed by atoms with Crippen molar-refractivity contribution in [2.75, 3.05) is 45.0 Å². The standard InChI is InChI=1S/C25H30N4O2/c1-28(2)24(19-14-16-21(31-4)17-15-19)18-26-25(30)27-22-12-8-9-13-23(22)29(3)20-10-6-5-7-11-20/h5-17,24H,18H2,1-4H3,(H2,26,27,30). The molecule has 1 atom stereocenters. The zero-order chi connectivity index (χ0) is 22.2. The van der Waals surface area contributed by atoms with Crippen molar-refractivity contribution in [2.45, 2.75) is 6.04 Å². The maximum absolute atomic E-state index is 12.7. The molecule has 0 heterocycles. The highest BCUT2D eigenvalue weighted by atomic mass is 16.5. The van der Waals surface area contributed by atoms with Gasteiger partial charge < -0.3 is 25.2 Å². The number of hydrogen-bond acceptors (Lipinski definition) is 4. The molecule has 0 spiro atoms. The van der Waals surface area contributed by atoms with Crippen molar-refractivity contribution in [1.82, 2.24) is 10.2 Å². The number of hydrogen-bond donors (Lipinski definition) is 2. The first-order chi connectivity index (χ1) is 15.0. The van der Waals surface area contributed by atoms with Crippen LogP contribution in [0.1, 0.15) is 11.6 Å². The van der Waals surface area contributed by atoms with Crippen LogP contribution >= 0.6 is 0 Å². The Morgan fingerprint density at radius 2 is 1.55 bits per heavy atom. The second-order valence-corrected chi connectivity index (χ2v) is 7.50. The molecular weight excluding hydrogens is 388 g/mol. The minimum absolute atomic E-state index is 0.0406. The van der Waals surface area contributed by atoms with Gasteiger partial charge in [-0.2, -0.15) is 0 Å². The third kappa shape index (κ3) is 5.77. The average Bonchev–Trinajstić information content (AvgIpc) is 2.80. The normalized spacial score (nSPS) is 11.6. The van der Waals surface area contributed by atoms with Crippen molar-refractivity contribution >= 4 is 23.1 Å². The second-order valence-electron chi connectivity index (χ2n) is 7.50. The summed E-state index contributed by atoms with van der Waals surface area (Å²) in [7, 11) is 7.63. The number of nitrogens with one attached hydrogen (secondary N) is 2. The first-order valence-electron chi connectivity index (χ1n) is 10.2. The molecule has 0 aliphatic rings. The van der Waals surface area contributed by atoms with Crippen molar-refractivity contribution in [3.8, 4) is 5.75 Å². The molecule has 0 saturated carbocycles. The van der Waals surface area contributed by atoms with Gasteiger partial charge in [0.05, 0.1) is 24.5 Å². The predicted molar refractivity (Wildman–Crippen MR) is 127 cm³/mol. The van der Waals surface area contributed by atoms with Crippen LogP contribution in [0.2, 0.25) is 0 Å². The summed E-state index contributed by atoms with van der Waals surface area (Å²) in [4.78, 5) is 16.8. The van der Waals surface area contributed by atoms with Crippen molar-refractivity contribution < 1.29 is 9.53 Å². The van der Waals surface area contributed by atoms with E-state index in [1.54, 1.807) is 7.11 Å². The molecule has 6 heteroatoms. The van der Waals surface area contributed by atoms with Crippen LogP contribution < -0.4 is 20.3 Å². The van der Waals surface area contributed by atoms with Gasteiger partial charge in [0.2, 0.25) is 0 Å². The third-order valence-electron chi connectivity index (χ3n) is 5.24. The highest BCUT2D eigenvalue weighted by Crippen LogP contribution is 2.30. The Labute approximate surface area is 184 Å². The molecule has 0 fully saturated rings. The van der Waals surface area contributed by atoms with E-state index in [4.69, 9.17) is 4.74 Å². The topological polar surface area (TPSA) is 56.8 Å². The van der Waals surface area contributed by atoms with Crippen LogP contribution in [0.3, 0.4) is 0 Å². The Hall–Kier alpha value is -3.51. The van der Waals surface area contributed by atoms with Crippen LogP contribution in [-0.4, -0.2) is 45.7 Å². The molecule has 2 N–H and O–H groups in total. The first kappa shape index (κ1) is 22.2. The van der Waals surface area contributed by atoms with Crippen LogP contribution in [0.5, 0.6) is 5.75 Å². The maximum atomic E-state index is 12.7. The Morgan fingerprint density at radius 1 is 0.903 bits per heavy atom. The van der Waals surface area contributed by atoms with E-state index in [2.05, 4.69) is 20.4 Å². The van der Waals surface area contributed by atoms with E-state index in [1.165, 1.54) is 0 Å². The second kappa shape index (κ2) is 10.5. The van der Waals surface area contributed by atoms with Crippen molar-refractivity contribution in [1.29, 1.82) is 0 Å². The van der Waals surface area contributed by atoms with Gasteiger partial charge in [0.1, 0.15) is 5.75 Å². The molecule has 3 aromatic rings. The van der Waals surface area contributed by atoms with Crippen molar-refractivity contribution in [2.24, 2.45) is 0 Å². The summed E-state index contributed by atoms with van der Waals surface area (Å²) in [5.41, 5.74) is 3.82. The molecule has 2 amide bonds. The van der Waals surface area contributed by atoms with E-state index >= 15 is 0 Å².